The number of nitro benzene ring substituents is 1. The van der Waals surface area contributed by atoms with Gasteiger partial charge in [-0.25, -0.2) is 4.68 Å². The Kier molecular flexibility index (Phi) is 7.04. The van der Waals surface area contributed by atoms with E-state index in [0.29, 0.717) is 42.7 Å². The third-order valence-corrected chi connectivity index (χ3v) is 4.33. The Bertz CT molecular complexity index is 986. The number of hydrogen-bond acceptors (Lipinski definition) is 8. The fourth-order valence-corrected chi connectivity index (χ4v) is 2.88. The summed E-state index contributed by atoms with van der Waals surface area (Å²) in [6, 6.07) is 6.49. The quantitative estimate of drug-likeness (QED) is 0.304. The Morgan fingerprint density at radius 3 is 2.57 bits per heavy atom. The van der Waals surface area contributed by atoms with Gasteiger partial charge in [0.1, 0.15) is 17.2 Å². The van der Waals surface area contributed by atoms with Crippen LogP contribution in [0.4, 0.5) is 17.2 Å². The van der Waals surface area contributed by atoms with E-state index in [1.165, 1.54) is 12.1 Å². The van der Waals surface area contributed by atoms with E-state index < -0.39 is 11.2 Å². The summed E-state index contributed by atoms with van der Waals surface area (Å²) in [4.78, 5) is 19.1. The monoisotopic (exact) mass is 412 g/mol. The maximum atomic E-state index is 11.2. The second-order valence-corrected chi connectivity index (χ2v) is 6.41. The van der Waals surface area contributed by atoms with Gasteiger partial charge in [-0.1, -0.05) is 6.07 Å². The molecule has 30 heavy (non-hydrogen) atoms. The molecule has 2 heterocycles. The van der Waals surface area contributed by atoms with Crippen LogP contribution in [0.15, 0.2) is 42.9 Å². The van der Waals surface area contributed by atoms with Crippen molar-refractivity contribution < 1.29 is 14.4 Å². The molecule has 3 rings (SSSR count). The summed E-state index contributed by atoms with van der Waals surface area (Å²) in [5.74, 6) is 0.628. The van der Waals surface area contributed by atoms with E-state index in [9.17, 15) is 10.1 Å². The molecule has 10 heteroatoms. The van der Waals surface area contributed by atoms with Gasteiger partial charge >= 0.3 is 0 Å². The molecule has 0 saturated heterocycles. The Morgan fingerprint density at radius 2 is 1.93 bits per heavy atom. The molecule has 0 bridgehead atoms. The standard InChI is InChI=1S/C20H24N6O4/c1-4-29-20(30-5-2)13-25-19(11-17(24-25)18-12-21-8-9-22-18)23-16-10-15(26(27)28)7-6-14(16)3/h6-12,20,23H,4-5,13H2,1-3H3. The molecule has 0 atom stereocenters. The number of nitrogens with zero attached hydrogens (tertiary/aromatic N) is 5. The first-order valence-corrected chi connectivity index (χ1v) is 9.61. The van der Waals surface area contributed by atoms with E-state index in [1.54, 1.807) is 29.3 Å². The maximum absolute atomic E-state index is 11.2. The molecule has 2 aromatic heterocycles. The molecule has 0 radical (unpaired) electrons. The summed E-state index contributed by atoms with van der Waals surface area (Å²) in [7, 11) is 0. The number of nitro groups is 1. The number of rotatable bonds is 10. The van der Waals surface area contributed by atoms with Crippen molar-refractivity contribution in [1.82, 2.24) is 19.7 Å². The third-order valence-electron chi connectivity index (χ3n) is 4.33. The van der Waals surface area contributed by atoms with Crippen LogP contribution in [-0.2, 0) is 16.0 Å². The maximum Gasteiger partial charge on any atom is 0.271 e. The summed E-state index contributed by atoms with van der Waals surface area (Å²) < 4.78 is 13.0. The number of anilines is 2. The molecule has 0 spiro atoms. The molecule has 0 aliphatic rings. The van der Waals surface area contributed by atoms with Gasteiger partial charge in [0, 0.05) is 49.5 Å². The first-order valence-electron chi connectivity index (χ1n) is 9.61. The second kappa shape index (κ2) is 9.90. The molecule has 0 fully saturated rings. The van der Waals surface area contributed by atoms with Gasteiger partial charge in [0.2, 0.25) is 0 Å². The van der Waals surface area contributed by atoms with Crippen molar-refractivity contribution in [3.8, 4) is 11.4 Å². The molecule has 0 unspecified atom stereocenters. The van der Waals surface area contributed by atoms with Crippen LogP contribution in [0.5, 0.6) is 0 Å². The van der Waals surface area contributed by atoms with Gasteiger partial charge in [0.15, 0.2) is 6.29 Å². The van der Waals surface area contributed by atoms with Gasteiger partial charge in [-0.15, -0.1) is 0 Å². The minimum Gasteiger partial charge on any atom is -0.351 e. The van der Waals surface area contributed by atoms with Crippen molar-refractivity contribution in [3.63, 3.8) is 0 Å². The lowest BCUT2D eigenvalue weighted by atomic mass is 10.2. The van der Waals surface area contributed by atoms with Crippen molar-refractivity contribution in [1.29, 1.82) is 0 Å². The first kappa shape index (κ1) is 21.3. The predicted molar refractivity (Wildman–Crippen MR) is 111 cm³/mol. The van der Waals surface area contributed by atoms with E-state index in [1.807, 2.05) is 26.8 Å². The minimum atomic E-state index is -0.485. The molecular weight excluding hydrogens is 388 g/mol. The molecule has 0 saturated carbocycles. The molecule has 0 aliphatic heterocycles. The lowest BCUT2D eigenvalue weighted by molar-refractivity contribution is -0.384. The number of non-ortho nitro benzene ring substituents is 1. The number of aromatic nitrogens is 4. The van der Waals surface area contributed by atoms with Crippen LogP contribution in [0.25, 0.3) is 11.4 Å². The minimum absolute atomic E-state index is 0.00447. The zero-order chi connectivity index (χ0) is 21.5. The van der Waals surface area contributed by atoms with Crippen LogP contribution < -0.4 is 5.32 Å². The highest BCUT2D eigenvalue weighted by atomic mass is 16.7. The highest BCUT2D eigenvalue weighted by Crippen LogP contribution is 2.28. The summed E-state index contributed by atoms with van der Waals surface area (Å²) in [6.45, 7) is 6.99. The third kappa shape index (κ3) is 5.16. The number of nitrogens with one attached hydrogen (secondary N) is 1. The topological polar surface area (TPSA) is 117 Å². The Hall–Kier alpha value is -3.37. The summed E-state index contributed by atoms with van der Waals surface area (Å²) >= 11 is 0. The first-order chi connectivity index (χ1) is 14.5. The Labute approximate surface area is 174 Å². The fourth-order valence-electron chi connectivity index (χ4n) is 2.88. The van der Waals surface area contributed by atoms with Crippen LogP contribution in [0.1, 0.15) is 19.4 Å². The van der Waals surface area contributed by atoms with Crippen molar-refractivity contribution in [3.05, 3.63) is 58.5 Å². The molecular formula is C20H24N6O4. The van der Waals surface area contributed by atoms with Gasteiger partial charge in [-0.05, 0) is 26.3 Å². The number of ether oxygens (including phenoxy) is 2. The summed E-state index contributed by atoms with van der Waals surface area (Å²) in [6.07, 6.45) is 4.32. The lowest BCUT2D eigenvalue weighted by Gasteiger charge is -2.19. The van der Waals surface area contributed by atoms with Crippen LogP contribution >= 0.6 is 0 Å². The summed E-state index contributed by atoms with van der Waals surface area (Å²) in [5, 5.41) is 19.1. The molecule has 3 aromatic rings. The number of hydrogen-bond donors (Lipinski definition) is 1. The molecule has 1 N–H and O–H groups in total. The van der Waals surface area contributed by atoms with Gasteiger partial charge < -0.3 is 14.8 Å². The molecule has 1 aromatic carbocycles. The average Bonchev–Trinajstić information content (AvgIpc) is 3.13. The van der Waals surface area contributed by atoms with Crippen LogP contribution in [-0.4, -0.2) is 44.2 Å². The van der Waals surface area contributed by atoms with Gasteiger partial charge in [0.25, 0.3) is 5.69 Å². The van der Waals surface area contributed by atoms with Crippen molar-refractivity contribution >= 4 is 17.2 Å². The number of benzene rings is 1. The van der Waals surface area contributed by atoms with E-state index in [4.69, 9.17) is 9.47 Å². The van der Waals surface area contributed by atoms with E-state index in [2.05, 4.69) is 20.4 Å². The lowest BCUT2D eigenvalue weighted by Crippen LogP contribution is -2.25. The predicted octanol–water partition coefficient (Wildman–Crippen LogP) is 3.70. The van der Waals surface area contributed by atoms with Gasteiger partial charge in [-0.3, -0.25) is 20.1 Å². The second-order valence-electron chi connectivity index (χ2n) is 6.41. The van der Waals surface area contributed by atoms with Crippen LogP contribution in [0, 0.1) is 17.0 Å². The van der Waals surface area contributed by atoms with Crippen LogP contribution in [0.2, 0.25) is 0 Å². The van der Waals surface area contributed by atoms with Crippen molar-refractivity contribution in [2.24, 2.45) is 0 Å². The summed E-state index contributed by atoms with van der Waals surface area (Å²) in [5.41, 5.74) is 2.70. The molecule has 10 nitrogen and oxygen atoms in total. The fraction of sp³-hybridized carbons (Fsp3) is 0.350. The molecule has 158 valence electrons. The van der Waals surface area contributed by atoms with Gasteiger partial charge in [0.05, 0.1) is 17.7 Å². The van der Waals surface area contributed by atoms with E-state index in [-0.39, 0.29) is 5.69 Å². The largest absolute Gasteiger partial charge is 0.351 e. The number of aryl methyl sites for hydroxylation is 1. The van der Waals surface area contributed by atoms with Gasteiger partial charge in [-0.2, -0.15) is 5.10 Å². The van der Waals surface area contributed by atoms with Crippen molar-refractivity contribution in [2.45, 2.75) is 33.6 Å². The molecule has 0 amide bonds. The van der Waals surface area contributed by atoms with Crippen LogP contribution in [0.3, 0.4) is 0 Å². The zero-order valence-electron chi connectivity index (χ0n) is 17.1. The Morgan fingerprint density at radius 1 is 1.17 bits per heavy atom. The molecule has 0 aliphatic carbocycles. The Balaban J connectivity index is 1.98. The SMILES string of the molecule is CCOC(Cn1nc(-c2cnccn2)cc1Nc1cc([N+](=O)[O-])ccc1C)OCC. The van der Waals surface area contributed by atoms with Crippen molar-refractivity contribution in [2.75, 3.05) is 18.5 Å². The average molecular weight is 412 g/mol. The van der Waals surface area contributed by atoms with E-state index >= 15 is 0 Å². The highest BCUT2D eigenvalue weighted by molar-refractivity contribution is 5.67. The highest BCUT2D eigenvalue weighted by Gasteiger charge is 2.18. The smallest absolute Gasteiger partial charge is 0.271 e. The normalized spacial score (nSPS) is 11.1. The zero-order valence-corrected chi connectivity index (χ0v) is 17.1. The van der Waals surface area contributed by atoms with E-state index in [0.717, 1.165) is 5.56 Å².